The third-order valence-electron chi connectivity index (χ3n) is 5.78. The third-order valence-corrected chi connectivity index (χ3v) is 8.80. The highest BCUT2D eigenvalue weighted by atomic mass is 32.2. The van der Waals surface area contributed by atoms with Gasteiger partial charge in [-0.15, -0.1) is 0 Å². The van der Waals surface area contributed by atoms with Crippen molar-refractivity contribution in [1.29, 1.82) is 0 Å². The average Bonchev–Trinajstić information content (AvgIpc) is 3.39. The Kier molecular flexibility index (Phi) is 9.61. The van der Waals surface area contributed by atoms with Crippen LogP contribution in [0.2, 0.25) is 0 Å². The highest BCUT2D eigenvalue weighted by Crippen LogP contribution is 2.42. The van der Waals surface area contributed by atoms with Crippen LogP contribution in [0, 0.1) is 20.2 Å². The maximum absolute atomic E-state index is 13.1. The monoisotopic (exact) mass is 646 g/mol. The second-order valence-electron chi connectivity index (χ2n) is 8.45. The molecule has 2 saturated heterocycles. The van der Waals surface area contributed by atoms with Crippen molar-refractivity contribution in [3.63, 3.8) is 0 Å². The molecule has 0 radical (unpaired) electrons. The molecular formula is C24H18N6O8S4. The summed E-state index contributed by atoms with van der Waals surface area (Å²) in [6.45, 7) is -0.264. The standard InChI is InChI=1S/C24H18N6O8S4/c31-17(25-13-5-1-3-7-15(13)29(35)36)9-11-27-21(33)19(41-23(27)39)20-22(34)28(24(40)42-20)12-10-18(32)26-14-6-2-4-8-16(14)30(37)38/h1-8H,9-12H2,(H,25,31)(H,26,32)/b20-19+. The number of para-hydroxylation sites is 4. The van der Waals surface area contributed by atoms with Crippen LogP contribution < -0.4 is 10.6 Å². The summed E-state index contributed by atoms with van der Waals surface area (Å²) >= 11 is 12.3. The Hall–Kier alpha value is -4.26. The van der Waals surface area contributed by atoms with Gasteiger partial charge in [0, 0.05) is 38.1 Å². The fraction of sp³-hybridized carbons (Fsp3) is 0.167. The third kappa shape index (κ3) is 6.78. The van der Waals surface area contributed by atoms with E-state index in [1.54, 1.807) is 0 Å². The molecule has 2 N–H and O–H groups in total. The molecule has 0 unspecified atom stereocenters. The number of carbonyl (C=O) groups excluding carboxylic acids is 4. The number of rotatable bonds is 10. The maximum Gasteiger partial charge on any atom is 0.292 e. The van der Waals surface area contributed by atoms with Crippen LogP contribution in [-0.2, 0) is 19.2 Å². The highest BCUT2D eigenvalue weighted by Gasteiger charge is 2.42. The van der Waals surface area contributed by atoms with Gasteiger partial charge < -0.3 is 10.6 Å². The summed E-state index contributed by atoms with van der Waals surface area (Å²) in [6, 6.07) is 11.2. The van der Waals surface area contributed by atoms with Gasteiger partial charge in [-0.05, 0) is 12.1 Å². The summed E-state index contributed by atoms with van der Waals surface area (Å²) in [4.78, 5) is 74.6. The van der Waals surface area contributed by atoms with E-state index < -0.39 is 33.5 Å². The van der Waals surface area contributed by atoms with Gasteiger partial charge in [0.2, 0.25) is 11.8 Å². The van der Waals surface area contributed by atoms with Crippen molar-refractivity contribution in [3.05, 3.63) is 78.6 Å². The van der Waals surface area contributed by atoms with E-state index in [-0.39, 0.29) is 67.1 Å². The van der Waals surface area contributed by atoms with Crippen molar-refractivity contribution in [3.8, 4) is 0 Å². The molecule has 2 aliphatic heterocycles. The van der Waals surface area contributed by atoms with Gasteiger partial charge in [0.25, 0.3) is 23.2 Å². The Bertz CT molecular complexity index is 1480. The van der Waals surface area contributed by atoms with Gasteiger partial charge in [0.15, 0.2) is 0 Å². The van der Waals surface area contributed by atoms with E-state index in [1.165, 1.54) is 48.5 Å². The van der Waals surface area contributed by atoms with Crippen molar-refractivity contribution >= 4 is 103 Å². The molecule has 18 heteroatoms. The zero-order chi connectivity index (χ0) is 30.6. The van der Waals surface area contributed by atoms with E-state index in [1.807, 2.05) is 0 Å². The predicted octanol–water partition coefficient (Wildman–Crippen LogP) is 3.79. The lowest BCUT2D eigenvalue weighted by atomic mass is 10.2. The van der Waals surface area contributed by atoms with Crippen LogP contribution >= 0.6 is 48.0 Å². The SMILES string of the molecule is O=C(CCN1C(=O)/C(=C2\SC(=S)N(CCC(=O)Nc3ccccc3[N+](=O)[O-])C2=O)SC1=S)Nc1ccccc1[N+](=O)[O-]. The molecule has 0 aromatic heterocycles. The fourth-order valence-corrected chi connectivity index (χ4v) is 6.56. The van der Waals surface area contributed by atoms with E-state index in [4.69, 9.17) is 24.4 Å². The van der Waals surface area contributed by atoms with Crippen molar-refractivity contribution in [2.75, 3.05) is 23.7 Å². The van der Waals surface area contributed by atoms with Crippen LogP contribution in [0.25, 0.3) is 0 Å². The first-order valence-electron chi connectivity index (χ1n) is 11.9. The molecule has 42 heavy (non-hydrogen) atoms. The van der Waals surface area contributed by atoms with E-state index in [2.05, 4.69) is 10.6 Å². The van der Waals surface area contributed by atoms with Crippen LogP contribution in [0.15, 0.2) is 58.3 Å². The number of nitro groups is 2. The first-order chi connectivity index (χ1) is 20.0. The topological polar surface area (TPSA) is 185 Å². The van der Waals surface area contributed by atoms with E-state index in [9.17, 15) is 39.4 Å². The zero-order valence-corrected chi connectivity index (χ0v) is 24.4. The summed E-state index contributed by atoms with van der Waals surface area (Å²) in [6.07, 6.45) is -0.442. The minimum atomic E-state index is -0.629. The first-order valence-corrected chi connectivity index (χ1v) is 14.3. The molecule has 2 aromatic carbocycles. The lowest BCUT2D eigenvalue weighted by Crippen LogP contribution is -2.33. The molecule has 216 valence electrons. The van der Waals surface area contributed by atoms with Gasteiger partial charge >= 0.3 is 0 Å². The van der Waals surface area contributed by atoms with Gasteiger partial charge in [-0.3, -0.25) is 49.2 Å². The Labute approximate surface area is 256 Å². The number of nitro benzene ring substituents is 2. The quantitative estimate of drug-likeness (QED) is 0.165. The lowest BCUT2D eigenvalue weighted by Gasteiger charge is -2.14. The Morgan fingerprint density at radius 3 is 1.43 bits per heavy atom. The molecule has 2 aliphatic rings. The molecule has 4 amide bonds. The molecule has 0 spiro atoms. The average molecular weight is 647 g/mol. The van der Waals surface area contributed by atoms with Crippen molar-refractivity contribution < 1.29 is 29.0 Å². The highest BCUT2D eigenvalue weighted by molar-refractivity contribution is 8.29. The number of thiocarbonyl (C=S) groups is 2. The number of carbonyl (C=O) groups is 4. The number of thioether (sulfide) groups is 2. The summed E-state index contributed by atoms with van der Waals surface area (Å²) in [7, 11) is 0. The number of hydrogen-bond acceptors (Lipinski definition) is 12. The summed E-state index contributed by atoms with van der Waals surface area (Å²) in [5, 5.41) is 27.2. The van der Waals surface area contributed by atoms with Crippen molar-refractivity contribution in [2.24, 2.45) is 0 Å². The molecule has 0 bridgehead atoms. The minimum Gasteiger partial charge on any atom is -0.320 e. The van der Waals surface area contributed by atoms with Crippen LogP contribution in [0.4, 0.5) is 22.7 Å². The second kappa shape index (κ2) is 13.1. The molecule has 4 rings (SSSR count). The van der Waals surface area contributed by atoms with Crippen LogP contribution in [0.5, 0.6) is 0 Å². The number of nitrogens with one attached hydrogen (secondary N) is 2. The summed E-state index contributed by atoms with van der Waals surface area (Å²) in [5.41, 5.74) is -0.538. The number of hydrogen-bond donors (Lipinski definition) is 2. The van der Waals surface area contributed by atoms with Gasteiger partial charge in [0.1, 0.15) is 20.0 Å². The van der Waals surface area contributed by atoms with Crippen LogP contribution in [0.1, 0.15) is 12.8 Å². The maximum atomic E-state index is 13.1. The number of amides is 4. The van der Waals surface area contributed by atoms with E-state index in [0.29, 0.717) is 0 Å². The number of nitrogens with zero attached hydrogens (tertiary/aromatic N) is 4. The normalized spacial score (nSPS) is 16.7. The van der Waals surface area contributed by atoms with E-state index in [0.717, 1.165) is 33.3 Å². The van der Waals surface area contributed by atoms with Gasteiger partial charge in [-0.25, -0.2) is 0 Å². The Morgan fingerprint density at radius 1 is 0.714 bits per heavy atom. The van der Waals surface area contributed by atoms with Gasteiger partial charge in [0.05, 0.1) is 19.7 Å². The molecule has 2 heterocycles. The molecule has 0 saturated carbocycles. The largest absolute Gasteiger partial charge is 0.320 e. The molecule has 2 fully saturated rings. The molecule has 14 nitrogen and oxygen atoms in total. The zero-order valence-electron chi connectivity index (χ0n) is 21.1. The molecular weight excluding hydrogens is 629 g/mol. The molecule has 2 aromatic rings. The smallest absolute Gasteiger partial charge is 0.292 e. The number of anilines is 2. The Balaban J connectivity index is 1.36. The fourth-order valence-electron chi connectivity index (χ4n) is 3.78. The van der Waals surface area contributed by atoms with Crippen molar-refractivity contribution in [1.82, 2.24) is 9.80 Å². The molecule has 0 aliphatic carbocycles. The van der Waals surface area contributed by atoms with Crippen LogP contribution in [0.3, 0.4) is 0 Å². The second-order valence-corrected chi connectivity index (χ2v) is 11.7. The molecule has 0 atom stereocenters. The van der Waals surface area contributed by atoms with Crippen molar-refractivity contribution in [2.45, 2.75) is 12.8 Å². The lowest BCUT2D eigenvalue weighted by molar-refractivity contribution is -0.384. The first kappa shape index (κ1) is 30.7. The van der Waals surface area contributed by atoms with Gasteiger partial charge in [-0.2, -0.15) is 0 Å². The van der Waals surface area contributed by atoms with Crippen LogP contribution in [-0.4, -0.2) is 65.0 Å². The predicted molar refractivity (Wildman–Crippen MR) is 164 cm³/mol. The summed E-state index contributed by atoms with van der Waals surface area (Å²) < 4.78 is 0.227. The Morgan fingerprint density at radius 2 is 1.07 bits per heavy atom. The minimum absolute atomic E-state index is 0.0113. The summed E-state index contributed by atoms with van der Waals surface area (Å²) in [5.74, 6) is -2.36. The van der Waals surface area contributed by atoms with Gasteiger partial charge in [-0.1, -0.05) is 72.2 Å². The number of benzene rings is 2. The van der Waals surface area contributed by atoms with E-state index >= 15 is 0 Å².